The summed E-state index contributed by atoms with van der Waals surface area (Å²) in [6.07, 6.45) is 1.51. The van der Waals surface area contributed by atoms with E-state index in [2.05, 4.69) is 0 Å². The summed E-state index contributed by atoms with van der Waals surface area (Å²) in [5.41, 5.74) is -1.08. The van der Waals surface area contributed by atoms with Crippen LogP contribution in [0, 0.1) is 5.82 Å². The molecule has 0 radical (unpaired) electrons. The van der Waals surface area contributed by atoms with Gasteiger partial charge in [0.15, 0.2) is 0 Å². The predicted octanol–water partition coefficient (Wildman–Crippen LogP) is 3.43. The molecule has 3 rings (SSSR count). The van der Waals surface area contributed by atoms with Gasteiger partial charge in [-0.15, -0.1) is 11.8 Å². The molecule has 0 aromatic heterocycles. The van der Waals surface area contributed by atoms with Crippen molar-refractivity contribution in [1.82, 2.24) is 4.90 Å². The first-order chi connectivity index (χ1) is 13.5. The van der Waals surface area contributed by atoms with Gasteiger partial charge in [0.25, 0.3) is 0 Å². The lowest BCUT2D eigenvalue weighted by atomic mass is 9.94. The standard InChI is InChI=1S/C21H24FNO5S/c1-20(2,3)28-19(26)23-8-6-21(27,7-9-23)12-29-17-11-16(24)18(25)14-5-4-13(22)10-15(14)17/h4-5,10-11,27H,6-9,12H2,1-3H3. The number of hydrogen-bond acceptors (Lipinski definition) is 6. The zero-order valence-electron chi connectivity index (χ0n) is 16.7. The van der Waals surface area contributed by atoms with Crippen LogP contribution in [0.5, 0.6) is 0 Å². The van der Waals surface area contributed by atoms with Crippen LogP contribution in [0.3, 0.4) is 0 Å². The van der Waals surface area contributed by atoms with Crippen LogP contribution in [0.2, 0.25) is 0 Å². The fourth-order valence-corrected chi connectivity index (χ4v) is 4.45. The average Bonchev–Trinajstić information content (AvgIpc) is 2.62. The monoisotopic (exact) mass is 421 g/mol. The number of aliphatic hydroxyl groups is 1. The number of benzene rings is 1. The third-order valence-electron chi connectivity index (χ3n) is 4.82. The molecule has 1 N–H and O–H groups in total. The highest BCUT2D eigenvalue weighted by Gasteiger charge is 2.36. The predicted molar refractivity (Wildman–Crippen MR) is 108 cm³/mol. The summed E-state index contributed by atoms with van der Waals surface area (Å²) in [6, 6.07) is 3.69. The second-order valence-electron chi connectivity index (χ2n) is 8.37. The first-order valence-corrected chi connectivity index (χ1v) is 10.4. The fraction of sp³-hybridized carbons (Fsp3) is 0.476. The van der Waals surface area contributed by atoms with E-state index in [1.54, 1.807) is 25.7 Å². The Kier molecular flexibility index (Phi) is 5.87. The van der Waals surface area contributed by atoms with Crippen molar-refractivity contribution >= 4 is 34.3 Å². The van der Waals surface area contributed by atoms with Gasteiger partial charge in [-0.05, 0) is 51.8 Å². The Hall–Kier alpha value is -2.19. The quantitative estimate of drug-likeness (QED) is 0.753. The summed E-state index contributed by atoms with van der Waals surface area (Å²) in [5, 5.41) is 10.9. The number of thioether (sulfide) groups is 1. The minimum absolute atomic E-state index is 0.174. The third-order valence-corrected chi connectivity index (χ3v) is 6.15. The number of allylic oxidation sites excluding steroid dienone is 1. The van der Waals surface area contributed by atoms with Gasteiger partial charge in [0.1, 0.15) is 11.4 Å². The van der Waals surface area contributed by atoms with E-state index in [1.807, 2.05) is 0 Å². The average molecular weight is 421 g/mol. The molecule has 0 unspecified atom stereocenters. The molecule has 1 aromatic carbocycles. The van der Waals surface area contributed by atoms with Crippen LogP contribution in [0.4, 0.5) is 9.18 Å². The lowest BCUT2D eigenvalue weighted by molar-refractivity contribution is -0.111. The number of carbonyl (C=O) groups excluding carboxylic acids is 3. The van der Waals surface area contributed by atoms with Crippen molar-refractivity contribution < 1.29 is 28.6 Å². The number of halogens is 1. The number of piperidine rings is 1. The van der Waals surface area contributed by atoms with E-state index < -0.39 is 34.7 Å². The van der Waals surface area contributed by atoms with Crippen LogP contribution < -0.4 is 0 Å². The summed E-state index contributed by atoms with van der Waals surface area (Å²) in [7, 11) is 0. The Morgan fingerprint density at radius 3 is 2.52 bits per heavy atom. The van der Waals surface area contributed by atoms with Gasteiger partial charge in [-0.1, -0.05) is 0 Å². The van der Waals surface area contributed by atoms with Crippen LogP contribution >= 0.6 is 11.8 Å². The number of amides is 1. The molecule has 1 aliphatic carbocycles. The minimum atomic E-state index is -1.04. The molecule has 29 heavy (non-hydrogen) atoms. The highest BCUT2D eigenvalue weighted by Crippen LogP contribution is 2.38. The van der Waals surface area contributed by atoms with Gasteiger partial charge in [-0.3, -0.25) is 9.59 Å². The largest absolute Gasteiger partial charge is 0.444 e. The molecule has 0 spiro atoms. The van der Waals surface area contributed by atoms with E-state index in [1.165, 1.54) is 30.0 Å². The number of rotatable bonds is 3. The third kappa shape index (κ3) is 5.05. The van der Waals surface area contributed by atoms with Crippen molar-refractivity contribution in [3.8, 4) is 0 Å². The number of ketones is 2. The smallest absolute Gasteiger partial charge is 0.410 e. The molecular formula is C21H24FNO5S. The summed E-state index contributed by atoms with van der Waals surface area (Å²) in [6.45, 7) is 6.10. The molecule has 1 fully saturated rings. The second-order valence-corrected chi connectivity index (χ2v) is 9.39. The van der Waals surface area contributed by atoms with E-state index in [0.29, 0.717) is 36.4 Å². The molecule has 0 atom stereocenters. The zero-order valence-corrected chi connectivity index (χ0v) is 17.5. The number of hydrogen-bond donors (Lipinski definition) is 1. The molecule has 0 bridgehead atoms. The van der Waals surface area contributed by atoms with Gasteiger partial charge in [0.2, 0.25) is 11.6 Å². The van der Waals surface area contributed by atoms with Crippen LogP contribution in [-0.4, -0.2) is 57.7 Å². The normalized spacial score (nSPS) is 18.9. The number of nitrogens with zero attached hydrogens (tertiary/aromatic N) is 1. The molecule has 1 aromatic rings. The van der Waals surface area contributed by atoms with Crippen LogP contribution in [0.25, 0.3) is 4.91 Å². The molecular weight excluding hydrogens is 397 g/mol. The molecule has 1 amide bonds. The maximum absolute atomic E-state index is 13.7. The maximum atomic E-state index is 13.7. The van der Waals surface area contributed by atoms with Gasteiger partial charge in [-0.25, -0.2) is 9.18 Å². The van der Waals surface area contributed by atoms with E-state index in [4.69, 9.17) is 4.74 Å². The maximum Gasteiger partial charge on any atom is 0.410 e. The highest BCUT2D eigenvalue weighted by atomic mass is 32.2. The molecule has 6 nitrogen and oxygen atoms in total. The highest BCUT2D eigenvalue weighted by molar-refractivity contribution is 8.08. The van der Waals surface area contributed by atoms with Crippen molar-refractivity contribution in [2.75, 3.05) is 18.8 Å². The Bertz CT molecular complexity index is 882. The lowest BCUT2D eigenvalue weighted by Crippen LogP contribution is -2.49. The Labute approximate surface area is 173 Å². The summed E-state index contributed by atoms with van der Waals surface area (Å²) >= 11 is 1.22. The van der Waals surface area contributed by atoms with Crippen LogP contribution in [0.1, 0.15) is 49.5 Å². The van der Waals surface area contributed by atoms with E-state index >= 15 is 0 Å². The van der Waals surface area contributed by atoms with Gasteiger partial charge in [0, 0.05) is 41.0 Å². The molecule has 156 valence electrons. The number of ether oxygens (including phenoxy) is 1. The summed E-state index contributed by atoms with van der Waals surface area (Å²) in [5.74, 6) is -1.55. The van der Waals surface area contributed by atoms with Crippen molar-refractivity contribution in [2.45, 2.75) is 44.8 Å². The van der Waals surface area contributed by atoms with Crippen molar-refractivity contribution in [2.24, 2.45) is 0 Å². The fourth-order valence-electron chi connectivity index (χ4n) is 3.22. The molecule has 8 heteroatoms. The Balaban J connectivity index is 1.64. The summed E-state index contributed by atoms with van der Waals surface area (Å²) in [4.78, 5) is 38.2. The lowest BCUT2D eigenvalue weighted by Gasteiger charge is -2.38. The number of likely N-dealkylation sites (tertiary alicyclic amines) is 1. The number of Topliss-reactive ketones (excluding diaryl/α,β-unsaturated/α-hetero) is 1. The molecule has 0 saturated carbocycles. The molecule has 1 saturated heterocycles. The van der Waals surface area contributed by atoms with Gasteiger partial charge in [0.05, 0.1) is 5.60 Å². The zero-order chi connectivity index (χ0) is 21.4. The first kappa shape index (κ1) is 21.5. The first-order valence-electron chi connectivity index (χ1n) is 9.41. The van der Waals surface area contributed by atoms with Gasteiger partial charge < -0.3 is 14.7 Å². The topological polar surface area (TPSA) is 83.9 Å². The van der Waals surface area contributed by atoms with Crippen molar-refractivity contribution in [1.29, 1.82) is 0 Å². The van der Waals surface area contributed by atoms with Crippen LogP contribution in [0.15, 0.2) is 24.3 Å². The van der Waals surface area contributed by atoms with Crippen LogP contribution in [-0.2, 0) is 9.53 Å². The summed E-state index contributed by atoms with van der Waals surface area (Å²) < 4.78 is 19.0. The minimum Gasteiger partial charge on any atom is -0.444 e. The molecule has 1 heterocycles. The van der Waals surface area contributed by atoms with E-state index in [0.717, 1.165) is 6.07 Å². The number of fused-ring (bicyclic) bond motifs is 1. The molecule has 2 aliphatic rings. The van der Waals surface area contributed by atoms with Crippen molar-refractivity contribution in [3.05, 3.63) is 41.2 Å². The van der Waals surface area contributed by atoms with E-state index in [-0.39, 0.29) is 11.3 Å². The second kappa shape index (κ2) is 7.91. The SMILES string of the molecule is CC(C)(C)OC(=O)N1CCC(O)(CSC2=CC(=O)C(=O)c3ccc(F)cc32)CC1. The Morgan fingerprint density at radius 1 is 1.24 bits per heavy atom. The molecule has 1 aliphatic heterocycles. The Morgan fingerprint density at radius 2 is 1.90 bits per heavy atom. The number of carbonyl (C=O) groups is 3. The van der Waals surface area contributed by atoms with Gasteiger partial charge in [-0.2, -0.15) is 0 Å². The van der Waals surface area contributed by atoms with Crippen molar-refractivity contribution in [3.63, 3.8) is 0 Å². The van der Waals surface area contributed by atoms with E-state index in [9.17, 15) is 23.9 Å². The van der Waals surface area contributed by atoms with Gasteiger partial charge >= 0.3 is 6.09 Å².